The SMILES string of the molecule is CCc1cc(=O)n2[nH]c([C@H]3CCN(Cc4ccc(F)c(F)c4)C3)cc2n1. The molecule has 1 fully saturated rings. The zero-order chi connectivity index (χ0) is 18.3. The van der Waals surface area contributed by atoms with Gasteiger partial charge in [0.2, 0.25) is 0 Å². The van der Waals surface area contributed by atoms with Gasteiger partial charge in [-0.3, -0.25) is 14.8 Å². The van der Waals surface area contributed by atoms with Crippen molar-refractivity contribution < 1.29 is 8.78 Å². The highest BCUT2D eigenvalue weighted by Gasteiger charge is 2.26. The number of likely N-dealkylation sites (tertiary alicyclic amines) is 1. The highest BCUT2D eigenvalue weighted by molar-refractivity contribution is 5.41. The molecule has 3 aromatic rings. The van der Waals surface area contributed by atoms with Crippen molar-refractivity contribution in [1.29, 1.82) is 0 Å². The van der Waals surface area contributed by atoms with Gasteiger partial charge in [0, 0.05) is 42.5 Å². The Balaban J connectivity index is 1.51. The van der Waals surface area contributed by atoms with Gasteiger partial charge in [0.05, 0.1) is 0 Å². The predicted octanol–water partition coefficient (Wildman–Crippen LogP) is 2.85. The van der Waals surface area contributed by atoms with Crippen LogP contribution in [0.3, 0.4) is 0 Å². The summed E-state index contributed by atoms with van der Waals surface area (Å²) >= 11 is 0. The summed E-state index contributed by atoms with van der Waals surface area (Å²) < 4.78 is 27.9. The second kappa shape index (κ2) is 6.64. The number of fused-ring (bicyclic) bond motifs is 1. The molecule has 3 heterocycles. The highest BCUT2D eigenvalue weighted by Crippen LogP contribution is 2.27. The van der Waals surface area contributed by atoms with Crippen molar-refractivity contribution in [1.82, 2.24) is 19.5 Å². The van der Waals surface area contributed by atoms with Crippen LogP contribution in [0.2, 0.25) is 0 Å². The van der Waals surface area contributed by atoms with Crippen molar-refractivity contribution in [3.8, 4) is 0 Å². The van der Waals surface area contributed by atoms with Crippen molar-refractivity contribution in [2.45, 2.75) is 32.2 Å². The minimum Gasteiger partial charge on any atom is -0.298 e. The molecule has 136 valence electrons. The number of aromatic amines is 1. The van der Waals surface area contributed by atoms with Crippen LogP contribution >= 0.6 is 0 Å². The molecule has 0 unspecified atom stereocenters. The molecular weight excluding hydrogens is 338 g/mol. The molecule has 0 bridgehead atoms. The Kier molecular flexibility index (Phi) is 4.32. The molecule has 0 amide bonds. The fourth-order valence-electron chi connectivity index (χ4n) is 3.58. The lowest BCUT2D eigenvalue weighted by Crippen LogP contribution is -2.20. The summed E-state index contributed by atoms with van der Waals surface area (Å²) in [7, 11) is 0. The molecule has 4 rings (SSSR count). The summed E-state index contributed by atoms with van der Waals surface area (Å²) in [4.78, 5) is 18.9. The minimum atomic E-state index is -0.824. The van der Waals surface area contributed by atoms with E-state index in [-0.39, 0.29) is 11.5 Å². The quantitative estimate of drug-likeness (QED) is 0.780. The lowest BCUT2D eigenvalue weighted by Gasteiger charge is -2.15. The van der Waals surface area contributed by atoms with E-state index < -0.39 is 11.6 Å². The van der Waals surface area contributed by atoms with E-state index in [9.17, 15) is 13.6 Å². The van der Waals surface area contributed by atoms with Crippen LogP contribution in [-0.2, 0) is 13.0 Å². The first-order chi connectivity index (χ1) is 12.5. The van der Waals surface area contributed by atoms with Gasteiger partial charge in [0.1, 0.15) is 0 Å². The number of nitrogens with one attached hydrogen (secondary N) is 1. The molecule has 5 nitrogen and oxygen atoms in total. The first kappa shape index (κ1) is 16.9. The number of halogens is 2. The molecule has 7 heteroatoms. The zero-order valence-corrected chi connectivity index (χ0v) is 14.5. The van der Waals surface area contributed by atoms with Crippen LogP contribution < -0.4 is 5.56 Å². The number of benzene rings is 1. The summed E-state index contributed by atoms with van der Waals surface area (Å²) in [5.41, 5.74) is 3.06. The van der Waals surface area contributed by atoms with Gasteiger partial charge in [0.25, 0.3) is 5.56 Å². The number of rotatable bonds is 4. The third-order valence-corrected chi connectivity index (χ3v) is 4.99. The van der Waals surface area contributed by atoms with Crippen molar-refractivity contribution in [3.05, 3.63) is 69.3 Å². The van der Waals surface area contributed by atoms with Gasteiger partial charge >= 0.3 is 0 Å². The molecule has 1 N–H and O–H groups in total. The first-order valence-electron chi connectivity index (χ1n) is 8.81. The largest absolute Gasteiger partial charge is 0.298 e. The molecule has 0 spiro atoms. The Labute approximate surface area is 149 Å². The van der Waals surface area contributed by atoms with Gasteiger partial charge in [-0.25, -0.2) is 18.3 Å². The van der Waals surface area contributed by atoms with Crippen molar-refractivity contribution >= 4 is 5.65 Å². The number of hydrogen-bond donors (Lipinski definition) is 1. The van der Waals surface area contributed by atoms with Crippen LogP contribution in [0.1, 0.15) is 36.2 Å². The van der Waals surface area contributed by atoms with Crippen LogP contribution in [-0.4, -0.2) is 32.6 Å². The number of hydrogen-bond acceptors (Lipinski definition) is 3. The van der Waals surface area contributed by atoms with Crippen molar-refractivity contribution in [3.63, 3.8) is 0 Å². The van der Waals surface area contributed by atoms with E-state index in [1.807, 2.05) is 13.0 Å². The fourth-order valence-corrected chi connectivity index (χ4v) is 3.58. The Bertz CT molecular complexity index is 1010. The number of aromatic nitrogens is 3. The van der Waals surface area contributed by atoms with Gasteiger partial charge in [0.15, 0.2) is 17.3 Å². The van der Waals surface area contributed by atoms with E-state index in [0.717, 1.165) is 42.9 Å². The van der Waals surface area contributed by atoms with E-state index in [0.29, 0.717) is 12.2 Å². The summed E-state index contributed by atoms with van der Waals surface area (Å²) in [6.07, 6.45) is 1.66. The summed E-state index contributed by atoms with van der Waals surface area (Å²) in [6.45, 7) is 4.20. The number of H-pyrrole nitrogens is 1. The van der Waals surface area contributed by atoms with E-state index in [1.165, 1.54) is 16.6 Å². The minimum absolute atomic E-state index is 0.102. The molecule has 1 aliphatic rings. The van der Waals surface area contributed by atoms with Gasteiger partial charge in [-0.05, 0) is 37.1 Å². The van der Waals surface area contributed by atoms with Crippen LogP contribution in [0.5, 0.6) is 0 Å². The molecule has 2 aromatic heterocycles. The molecule has 0 aliphatic carbocycles. The Morgan fingerprint density at radius 3 is 2.85 bits per heavy atom. The molecule has 26 heavy (non-hydrogen) atoms. The summed E-state index contributed by atoms with van der Waals surface area (Å²) in [6, 6.07) is 7.52. The van der Waals surface area contributed by atoms with E-state index in [2.05, 4.69) is 15.0 Å². The smallest absolute Gasteiger partial charge is 0.272 e. The van der Waals surface area contributed by atoms with Crippen LogP contribution in [0.15, 0.2) is 35.1 Å². The van der Waals surface area contributed by atoms with Gasteiger partial charge in [-0.2, -0.15) is 0 Å². The van der Waals surface area contributed by atoms with Gasteiger partial charge < -0.3 is 0 Å². The topological polar surface area (TPSA) is 53.4 Å². The molecule has 0 saturated carbocycles. The van der Waals surface area contributed by atoms with Crippen LogP contribution in [0.4, 0.5) is 8.78 Å². The van der Waals surface area contributed by atoms with E-state index in [4.69, 9.17) is 0 Å². The summed E-state index contributed by atoms with van der Waals surface area (Å²) in [5, 5.41) is 3.16. The van der Waals surface area contributed by atoms with Crippen LogP contribution in [0, 0.1) is 11.6 Å². The molecule has 1 aromatic carbocycles. The van der Waals surface area contributed by atoms with Gasteiger partial charge in [-0.1, -0.05) is 13.0 Å². The molecule has 0 radical (unpaired) electrons. The number of aryl methyl sites for hydroxylation is 1. The van der Waals surface area contributed by atoms with Crippen molar-refractivity contribution in [2.24, 2.45) is 0 Å². The third-order valence-electron chi connectivity index (χ3n) is 4.99. The van der Waals surface area contributed by atoms with E-state index in [1.54, 1.807) is 12.1 Å². The average molecular weight is 358 g/mol. The zero-order valence-electron chi connectivity index (χ0n) is 14.5. The van der Waals surface area contributed by atoms with Crippen molar-refractivity contribution in [2.75, 3.05) is 13.1 Å². The fraction of sp³-hybridized carbons (Fsp3) is 0.368. The summed E-state index contributed by atoms with van der Waals surface area (Å²) in [5.74, 6) is -1.38. The molecule has 1 aliphatic heterocycles. The van der Waals surface area contributed by atoms with Gasteiger partial charge in [-0.15, -0.1) is 0 Å². The monoisotopic (exact) mass is 358 g/mol. The lowest BCUT2D eigenvalue weighted by molar-refractivity contribution is 0.325. The Hall–Kier alpha value is -2.54. The second-order valence-corrected chi connectivity index (χ2v) is 6.81. The standard InChI is InChI=1S/C19H20F2N4O/c1-2-14-8-19(26)25-18(22-14)9-17(23-25)13-5-6-24(11-13)10-12-3-4-15(20)16(21)7-12/h3-4,7-9,13,23H,2,5-6,10-11H2,1H3/t13-/m0/s1. The Morgan fingerprint density at radius 1 is 1.23 bits per heavy atom. The maximum Gasteiger partial charge on any atom is 0.272 e. The predicted molar refractivity (Wildman–Crippen MR) is 94.2 cm³/mol. The lowest BCUT2D eigenvalue weighted by atomic mass is 10.1. The van der Waals surface area contributed by atoms with Crippen LogP contribution in [0.25, 0.3) is 5.65 Å². The van der Waals surface area contributed by atoms with E-state index >= 15 is 0 Å². The maximum absolute atomic E-state index is 13.4. The second-order valence-electron chi connectivity index (χ2n) is 6.81. The molecule has 1 atom stereocenters. The normalized spacial score (nSPS) is 18.0. The average Bonchev–Trinajstić information content (AvgIpc) is 3.25. The molecular formula is C19H20F2N4O. The number of nitrogens with zero attached hydrogens (tertiary/aromatic N) is 3. The Morgan fingerprint density at radius 2 is 2.08 bits per heavy atom. The molecule has 1 saturated heterocycles. The maximum atomic E-state index is 13.4. The third kappa shape index (κ3) is 3.14. The first-order valence-corrected chi connectivity index (χ1v) is 8.81. The highest BCUT2D eigenvalue weighted by atomic mass is 19.2.